The smallest absolute Gasteiger partial charge is 0.119 e. The number of ether oxygens (including phenoxy) is 1. The van der Waals surface area contributed by atoms with E-state index in [1.165, 1.54) is 42.3 Å². The van der Waals surface area contributed by atoms with Crippen LogP contribution in [0.15, 0.2) is 36.4 Å². The Morgan fingerprint density at radius 3 is 2.63 bits per heavy atom. The van der Waals surface area contributed by atoms with Crippen LogP contribution in [0.4, 0.5) is 0 Å². The number of rotatable bonds is 2. The maximum atomic E-state index is 5.37. The number of piperidine rings is 1. The lowest BCUT2D eigenvalue weighted by molar-refractivity contribution is 0.256. The Bertz CT molecular complexity index is 570. The molecule has 0 aliphatic carbocycles. The summed E-state index contributed by atoms with van der Waals surface area (Å²) in [6.07, 6.45) is 2.51. The Hall–Kier alpha value is -1.54. The van der Waals surface area contributed by atoms with Gasteiger partial charge >= 0.3 is 0 Å². The molecule has 2 heteroatoms. The monoisotopic (exact) mass is 255 g/mol. The van der Waals surface area contributed by atoms with Crippen LogP contribution in [-0.4, -0.2) is 32.1 Å². The first-order valence-electron chi connectivity index (χ1n) is 7.03. The normalized spacial score (nSPS) is 17.8. The zero-order chi connectivity index (χ0) is 13.2. The fourth-order valence-corrected chi connectivity index (χ4v) is 3.08. The summed E-state index contributed by atoms with van der Waals surface area (Å²) < 4.78 is 5.37. The Balaban J connectivity index is 2.02. The quantitative estimate of drug-likeness (QED) is 0.812. The van der Waals surface area contributed by atoms with E-state index in [9.17, 15) is 0 Å². The first kappa shape index (κ1) is 12.5. The summed E-state index contributed by atoms with van der Waals surface area (Å²) in [5.74, 6) is 1.64. The van der Waals surface area contributed by atoms with Gasteiger partial charge in [-0.05, 0) is 67.4 Å². The first-order chi connectivity index (χ1) is 9.28. The van der Waals surface area contributed by atoms with E-state index in [1.54, 1.807) is 7.11 Å². The minimum atomic E-state index is 0.687. The number of methoxy groups -OCH3 is 1. The van der Waals surface area contributed by atoms with Gasteiger partial charge in [-0.3, -0.25) is 0 Å². The Morgan fingerprint density at radius 2 is 1.89 bits per heavy atom. The van der Waals surface area contributed by atoms with Crippen molar-refractivity contribution in [3.8, 4) is 5.75 Å². The molecule has 1 aliphatic heterocycles. The summed E-state index contributed by atoms with van der Waals surface area (Å²) in [7, 11) is 3.95. The topological polar surface area (TPSA) is 12.5 Å². The summed E-state index contributed by atoms with van der Waals surface area (Å²) in [4.78, 5) is 2.42. The fourth-order valence-electron chi connectivity index (χ4n) is 3.08. The van der Waals surface area contributed by atoms with Gasteiger partial charge in [0.25, 0.3) is 0 Å². The Labute approximate surface area is 115 Å². The molecule has 1 aliphatic rings. The second-order valence-corrected chi connectivity index (χ2v) is 5.51. The van der Waals surface area contributed by atoms with E-state index in [0.717, 1.165) is 5.75 Å². The number of benzene rings is 2. The van der Waals surface area contributed by atoms with Crippen molar-refractivity contribution in [2.45, 2.75) is 18.8 Å². The highest BCUT2D eigenvalue weighted by atomic mass is 16.5. The van der Waals surface area contributed by atoms with Crippen molar-refractivity contribution in [2.75, 3.05) is 27.2 Å². The van der Waals surface area contributed by atoms with Gasteiger partial charge in [-0.2, -0.15) is 0 Å². The third kappa shape index (κ3) is 2.45. The fraction of sp³-hybridized carbons (Fsp3) is 0.412. The number of likely N-dealkylation sites (tertiary alicyclic amines) is 1. The van der Waals surface area contributed by atoms with Crippen molar-refractivity contribution >= 4 is 10.8 Å². The molecule has 3 rings (SSSR count). The summed E-state index contributed by atoms with van der Waals surface area (Å²) >= 11 is 0. The maximum absolute atomic E-state index is 5.37. The zero-order valence-electron chi connectivity index (χ0n) is 11.7. The van der Waals surface area contributed by atoms with Crippen LogP contribution in [0.2, 0.25) is 0 Å². The second kappa shape index (κ2) is 5.22. The van der Waals surface area contributed by atoms with Crippen molar-refractivity contribution in [1.82, 2.24) is 4.90 Å². The molecule has 1 heterocycles. The molecule has 1 fully saturated rings. The third-order valence-electron chi connectivity index (χ3n) is 4.28. The van der Waals surface area contributed by atoms with Crippen molar-refractivity contribution in [2.24, 2.45) is 0 Å². The summed E-state index contributed by atoms with van der Waals surface area (Å²) in [6.45, 7) is 2.40. The Morgan fingerprint density at radius 1 is 1.11 bits per heavy atom. The second-order valence-electron chi connectivity index (χ2n) is 5.51. The van der Waals surface area contributed by atoms with Crippen LogP contribution in [0.5, 0.6) is 5.75 Å². The van der Waals surface area contributed by atoms with Gasteiger partial charge in [0.15, 0.2) is 0 Å². The molecular weight excluding hydrogens is 234 g/mol. The average molecular weight is 255 g/mol. The molecule has 19 heavy (non-hydrogen) atoms. The molecule has 2 aromatic rings. The summed E-state index contributed by atoms with van der Waals surface area (Å²) in [5, 5.41) is 2.67. The van der Waals surface area contributed by atoms with E-state index >= 15 is 0 Å². The highest BCUT2D eigenvalue weighted by Crippen LogP contribution is 2.34. The summed E-state index contributed by atoms with van der Waals surface area (Å²) in [6, 6.07) is 13.0. The van der Waals surface area contributed by atoms with Crippen LogP contribution >= 0.6 is 0 Å². The molecule has 0 atom stereocenters. The molecule has 0 radical (unpaired) electrons. The molecule has 0 N–H and O–H groups in total. The lowest BCUT2D eigenvalue weighted by Crippen LogP contribution is -2.29. The molecule has 0 saturated carbocycles. The van der Waals surface area contributed by atoms with E-state index in [4.69, 9.17) is 4.74 Å². The molecular formula is C17H21NO. The van der Waals surface area contributed by atoms with Gasteiger partial charge in [-0.25, -0.2) is 0 Å². The van der Waals surface area contributed by atoms with Crippen LogP contribution in [0.3, 0.4) is 0 Å². The molecule has 1 saturated heterocycles. The van der Waals surface area contributed by atoms with Crippen molar-refractivity contribution in [1.29, 1.82) is 0 Å². The van der Waals surface area contributed by atoms with Gasteiger partial charge in [0.2, 0.25) is 0 Å². The van der Waals surface area contributed by atoms with Crippen LogP contribution in [-0.2, 0) is 0 Å². The number of nitrogens with zero attached hydrogens (tertiary/aromatic N) is 1. The maximum Gasteiger partial charge on any atom is 0.119 e. The molecule has 0 aromatic heterocycles. The molecule has 0 amide bonds. The van der Waals surface area contributed by atoms with Crippen LogP contribution in [0.1, 0.15) is 24.3 Å². The van der Waals surface area contributed by atoms with Crippen molar-refractivity contribution in [3.05, 3.63) is 42.0 Å². The minimum absolute atomic E-state index is 0.687. The Kier molecular flexibility index (Phi) is 3.43. The number of hydrogen-bond donors (Lipinski definition) is 0. The molecule has 0 spiro atoms. The largest absolute Gasteiger partial charge is 0.497 e. The number of fused-ring (bicyclic) bond motifs is 1. The molecule has 0 bridgehead atoms. The number of hydrogen-bond acceptors (Lipinski definition) is 2. The lowest BCUT2D eigenvalue weighted by Gasteiger charge is -2.30. The predicted octanol–water partition coefficient (Wildman–Crippen LogP) is 3.66. The third-order valence-corrected chi connectivity index (χ3v) is 4.28. The van der Waals surface area contributed by atoms with E-state index in [1.807, 2.05) is 6.07 Å². The van der Waals surface area contributed by atoms with Crippen molar-refractivity contribution in [3.63, 3.8) is 0 Å². The van der Waals surface area contributed by atoms with Gasteiger partial charge in [-0.15, -0.1) is 0 Å². The highest BCUT2D eigenvalue weighted by Gasteiger charge is 2.20. The minimum Gasteiger partial charge on any atom is -0.497 e. The van der Waals surface area contributed by atoms with Gasteiger partial charge in [0.05, 0.1) is 7.11 Å². The van der Waals surface area contributed by atoms with E-state index in [-0.39, 0.29) is 0 Å². The standard InChI is InChI=1S/C17H21NO/c1-18-10-8-14(9-11-18)16-5-3-4-13-6-7-15(19-2)12-17(13)16/h3-7,12,14H,8-11H2,1-2H3. The molecule has 100 valence electrons. The van der Waals surface area contributed by atoms with E-state index in [2.05, 4.69) is 42.3 Å². The lowest BCUT2D eigenvalue weighted by atomic mass is 9.86. The summed E-state index contributed by atoms with van der Waals surface area (Å²) in [5.41, 5.74) is 1.49. The molecule has 2 nitrogen and oxygen atoms in total. The first-order valence-corrected chi connectivity index (χ1v) is 7.03. The van der Waals surface area contributed by atoms with Crippen LogP contribution < -0.4 is 4.74 Å². The molecule has 0 unspecified atom stereocenters. The van der Waals surface area contributed by atoms with E-state index < -0.39 is 0 Å². The van der Waals surface area contributed by atoms with Crippen LogP contribution in [0, 0.1) is 0 Å². The van der Waals surface area contributed by atoms with Gasteiger partial charge in [-0.1, -0.05) is 24.3 Å². The van der Waals surface area contributed by atoms with Gasteiger partial charge < -0.3 is 9.64 Å². The van der Waals surface area contributed by atoms with Crippen LogP contribution in [0.25, 0.3) is 10.8 Å². The average Bonchev–Trinajstić information content (AvgIpc) is 2.47. The van der Waals surface area contributed by atoms with Gasteiger partial charge in [0.1, 0.15) is 5.75 Å². The van der Waals surface area contributed by atoms with E-state index in [0.29, 0.717) is 5.92 Å². The van der Waals surface area contributed by atoms with Crippen molar-refractivity contribution < 1.29 is 4.74 Å². The predicted molar refractivity (Wildman–Crippen MR) is 80.0 cm³/mol. The highest BCUT2D eigenvalue weighted by molar-refractivity contribution is 5.87. The van der Waals surface area contributed by atoms with Gasteiger partial charge in [0, 0.05) is 0 Å². The molecule has 2 aromatic carbocycles. The zero-order valence-corrected chi connectivity index (χ0v) is 11.7. The SMILES string of the molecule is COc1ccc2cccc(C3CCN(C)CC3)c2c1.